The van der Waals surface area contributed by atoms with Crippen LogP contribution in [-0.2, 0) is 11.2 Å². The monoisotopic (exact) mass is 441 g/mol. The van der Waals surface area contributed by atoms with Crippen LogP contribution in [0.15, 0.2) is 78.2 Å². The van der Waals surface area contributed by atoms with E-state index in [1.807, 2.05) is 78.2 Å². The number of carbonyl (C=O) groups excluding carboxylic acids is 1. The van der Waals surface area contributed by atoms with E-state index in [0.717, 1.165) is 39.0 Å². The van der Waals surface area contributed by atoms with Crippen molar-refractivity contribution in [2.75, 3.05) is 12.4 Å². The zero-order valence-corrected chi connectivity index (χ0v) is 18.0. The lowest BCUT2D eigenvalue weighted by Gasteiger charge is -2.08. The Bertz CT molecular complexity index is 1360. The number of nitrogens with one attached hydrogen (secondary N) is 1. The lowest BCUT2D eigenvalue weighted by atomic mass is 10.1. The minimum atomic E-state index is -0.0764. The third-order valence-electron chi connectivity index (χ3n) is 4.99. The van der Waals surface area contributed by atoms with Crippen LogP contribution in [0.4, 0.5) is 5.69 Å². The second kappa shape index (κ2) is 8.60. The Morgan fingerprint density at radius 3 is 2.53 bits per heavy atom. The Balaban J connectivity index is 1.31. The number of rotatable bonds is 6. The van der Waals surface area contributed by atoms with Crippen molar-refractivity contribution >= 4 is 28.6 Å². The molecular weight excluding hydrogens is 422 g/mol. The molecule has 7 nitrogen and oxygen atoms in total. The molecule has 0 atom stereocenters. The van der Waals surface area contributed by atoms with Crippen LogP contribution in [0.2, 0.25) is 0 Å². The highest BCUT2D eigenvalue weighted by Gasteiger charge is 2.12. The molecule has 32 heavy (non-hydrogen) atoms. The van der Waals surface area contributed by atoms with Gasteiger partial charge in [-0.25, -0.2) is 0 Å². The summed E-state index contributed by atoms with van der Waals surface area (Å²) in [6.07, 6.45) is 0.295. The third kappa shape index (κ3) is 4.08. The van der Waals surface area contributed by atoms with Crippen LogP contribution < -0.4 is 10.1 Å². The first-order valence-electron chi connectivity index (χ1n) is 9.99. The molecular formula is C24H19N5O2S. The predicted molar refractivity (Wildman–Crippen MR) is 125 cm³/mol. The van der Waals surface area contributed by atoms with Gasteiger partial charge in [0.25, 0.3) is 0 Å². The fourth-order valence-corrected chi connectivity index (χ4v) is 4.05. The summed E-state index contributed by atoms with van der Waals surface area (Å²) in [5.41, 5.74) is 4.08. The zero-order valence-electron chi connectivity index (χ0n) is 17.2. The number of hydrogen-bond donors (Lipinski definition) is 1. The van der Waals surface area contributed by atoms with Gasteiger partial charge in [0.15, 0.2) is 11.5 Å². The number of benzene rings is 2. The van der Waals surface area contributed by atoms with E-state index < -0.39 is 0 Å². The third-order valence-corrected chi connectivity index (χ3v) is 5.86. The van der Waals surface area contributed by atoms with E-state index >= 15 is 0 Å². The minimum absolute atomic E-state index is 0.0764. The van der Waals surface area contributed by atoms with Crippen molar-refractivity contribution in [3.63, 3.8) is 0 Å². The first kappa shape index (κ1) is 19.9. The normalized spacial score (nSPS) is 10.9. The Kier molecular flexibility index (Phi) is 5.35. The molecule has 3 heterocycles. The van der Waals surface area contributed by atoms with Crippen LogP contribution in [0.3, 0.4) is 0 Å². The summed E-state index contributed by atoms with van der Waals surface area (Å²) in [4.78, 5) is 13.4. The standard InChI is InChI=1S/C24H19N5O2S/c1-31-19-10-4-16(5-11-19)15-23(30)25-18-8-6-17(7-9-18)20-12-13-22-26-27-24(29(22)28-20)21-3-2-14-32-21/h2-14H,15H2,1H3,(H,25,30). The molecule has 0 bridgehead atoms. The average molecular weight is 442 g/mol. The molecule has 0 fully saturated rings. The summed E-state index contributed by atoms with van der Waals surface area (Å²) < 4.78 is 6.90. The van der Waals surface area contributed by atoms with Crippen molar-refractivity contribution in [3.8, 4) is 27.7 Å². The molecule has 0 aliphatic carbocycles. The van der Waals surface area contributed by atoms with Gasteiger partial charge in [0, 0.05) is 11.3 Å². The summed E-state index contributed by atoms with van der Waals surface area (Å²) in [6.45, 7) is 0. The van der Waals surface area contributed by atoms with Gasteiger partial charge in [-0.15, -0.1) is 21.5 Å². The number of anilines is 1. The number of carbonyl (C=O) groups is 1. The Hall–Kier alpha value is -4.04. The molecule has 5 aromatic rings. The van der Waals surface area contributed by atoms with E-state index in [0.29, 0.717) is 12.1 Å². The molecule has 0 aliphatic heterocycles. The first-order chi connectivity index (χ1) is 15.7. The van der Waals surface area contributed by atoms with Gasteiger partial charge in [0.05, 0.1) is 24.1 Å². The molecule has 8 heteroatoms. The Labute approximate surface area is 188 Å². The van der Waals surface area contributed by atoms with E-state index in [1.54, 1.807) is 23.0 Å². The smallest absolute Gasteiger partial charge is 0.228 e. The van der Waals surface area contributed by atoms with Gasteiger partial charge in [-0.3, -0.25) is 4.79 Å². The van der Waals surface area contributed by atoms with E-state index in [2.05, 4.69) is 15.5 Å². The fourth-order valence-electron chi connectivity index (χ4n) is 3.36. The number of amides is 1. The van der Waals surface area contributed by atoms with E-state index in [9.17, 15) is 4.79 Å². The summed E-state index contributed by atoms with van der Waals surface area (Å²) in [5.74, 6) is 1.41. The van der Waals surface area contributed by atoms with Crippen molar-refractivity contribution in [1.29, 1.82) is 0 Å². The highest BCUT2D eigenvalue weighted by Crippen LogP contribution is 2.25. The summed E-state index contributed by atoms with van der Waals surface area (Å²) in [5, 5.41) is 18.1. The van der Waals surface area contributed by atoms with Crippen molar-refractivity contribution in [2.24, 2.45) is 0 Å². The lowest BCUT2D eigenvalue weighted by molar-refractivity contribution is -0.115. The van der Waals surface area contributed by atoms with Crippen LogP contribution in [0.25, 0.3) is 27.6 Å². The maximum Gasteiger partial charge on any atom is 0.228 e. The second-order valence-corrected chi connectivity index (χ2v) is 8.09. The number of hydrogen-bond acceptors (Lipinski definition) is 6. The Morgan fingerprint density at radius 2 is 1.81 bits per heavy atom. The molecule has 0 aliphatic rings. The molecule has 5 rings (SSSR count). The second-order valence-electron chi connectivity index (χ2n) is 7.14. The van der Waals surface area contributed by atoms with E-state index in [-0.39, 0.29) is 5.91 Å². The van der Waals surface area contributed by atoms with Gasteiger partial charge in [-0.2, -0.15) is 9.61 Å². The van der Waals surface area contributed by atoms with Crippen LogP contribution in [0.1, 0.15) is 5.56 Å². The molecule has 1 amide bonds. The summed E-state index contributed by atoms with van der Waals surface area (Å²) in [7, 11) is 1.62. The van der Waals surface area contributed by atoms with Crippen molar-refractivity contribution < 1.29 is 9.53 Å². The topological polar surface area (TPSA) is 81.4 Å². The molecule has 0 radical (unpaired) electrons. The van der Waals surface area contributed by atoms with E-state index in [4.69, 9.17) is 9.84 Å². The molecule has 0 saturated carbocycles. The van der Waals surface area contributed by atoms with Gasteiger partial charge in [0.2, 0.25) is 5.91 Å². The van der Waals surface area contributed by atoms with Crippen LogP contribution >= 0.6 is 11.3 Å². The first-order valence-corrected chi connectivity index (χ1v) is 10.9. The number of fused-ring (bicyclic) bond motifs is 1. The molecule has 158 valence electrons. The molecule has 0 unspecified atom stereocenters. The maximum absolute atomic E-state index is 12.4. The molecule has 2 aromatic carbocycles. The van der Waals surface area contributed by atoms with Gasteiger partial charge >= 0.3 is 0 Å². The van der Waals surface area contributed by atoms with Crippen molar-refractivity contribution in [2.45, 2.75) is 6.42 Å². The summed E-state index contributed by atoms with van der Waals surface area (Å²) >= 11 is 1.60. The predicted octanol–water partition coefficient (Wildman–Crippen LogP) is 4.71. The number of aromatic nitrogens is 4. The number of methoxy groups -OCH3 is 1. The number of nitrogens with zero attached hydrogens (tertiary/aromatic N) is 4. The van der Waals surface area contributed by atoms with Gasteiger partial charge in [0.1, 0.15) is 5.75 Å². The molecule has 0 spiro atoms. The van der Waals surface area contributed by atoms with Crippen LogP contribution in [0, 0.1) is 0 Å². The summed E-state index contributed by atoms with van der Waals surface area (Å²) in [6, 6.07) is 22.9. The van der Waals surface area contributed by atoms with Gasteiger partial charge < -0.3 is 10.1 Å². The highest BCUT2D eigenvalue weighted by molar-refractivity contribution is 7.13. The molecule has 3 aromatic heterocycles. The Morgan fingerprint density at radius 1 is 1.00 bits per heavy atom. The highest BCUT2D eigenvalue weighted by atomic mass is 32.1. The van der Waals surface area contributed by atoms with Gasteiger partial charge in [-0.1, -0.05) is 30.3 Å². The lowest BCUT2D eigenvalue weighted by Crippen LogP contribution is -2.14. The largest absolute Gasteiger partial charge is 0.497 e. The van der Waals surface area contributed by atoms with Crippen molar-refractivity contribution in [1.82, 2.24) is 19.8 Å². The van der Waals surface area contributed by atoms with Crippen LogP contribution in [-0.4, -0.2) is 32.8 Å². The number of thiophene rings is 1. The quantitative estimate of drug-likeness (QED) is 0.413. The maximum atomic E-state index is 12.4. The zero-order chi connectivity index (χ0) is 21.9. The fraction of sp³-hybridized carbons (Fsp3) is 0.0833. The SMILES string of the molecule is COc1ccc(CC(=O)Nc2ccc(-c3ccc4nnc(-c5cccs5)n4n3)cc2)cc1. The van der Waals surface area contributed by atoms with E-state index in [1.165, 1.54) is 0 Å². The van der Waals surface area contributed by atoms with Crippen LogP contribution in [0.5, 0.6) is 5.75 Å². The number of ether oxygens (including phenoxy) is 1. The van der Waals surface area contributed by atoms with Gasteiger partial charge in [-0.05, 0) is 53.4 Å². The molecule has 1 N–H and O–H groups in total. The van der Waals surface area contributed by atoms with Crippen molar-refractivity contribution in [3.05, 3.63) is 83.7 Å². The molecule has 0 saturated heterocycles. The minimum Gasteiger partial charge on any atom is -0.497 e. The average Bonchev–Trinajstić information content (AvgIpc) is 3.49.